The van der Waals surface area contributed by atoms with E-state index in [1.165, 1.54) is 0 Å². The normalized spacial score (nSPS) is 11.2. The summed E-state index contributed by atoms with van der Waals surface area (Å²) in [5.74, 6) is 0.422. The van der Waals surface area contributed by atoms with Gasteiger partial charge in [-0.25, -0.2) is 4.99 Å². The van der Waals surface area contributed by atoms with Gasteiger partial charge >= 0.3 is 0 Å². The van der Waals surface area contributed by atoms with Crippen molar-refractivity contribution in [3.05, 3.63) is 90.5 Å². The average Bonchev–Trinajstić information content (AvgIpc) is 2.61. The number of benzene rings is 3. The van der Waals surface area contributed by atoms with Gasteiger partial charge in [0.2, 0.25) is 0 Å². The summed E-state index contributed by atoms with van der Waals surface area (Å²) in [5.41, 5.74) is 6.07. The predicted molar refractivity (Wildman–Crippen MR) is 89.4 cm³/mol. The van der Waals surface area contributed by atoms with Gasteiger partial charge in [-0.2, -0.15) is 0 Å². The quantitative estimate of drug-likeness (QED) is 0.426. The summed E-state index contributed by atoms with van der Waals surface area (Å²) >= 11 is 0. The highest BCUT2D eigenvalue weighted by molar-refractivity contribution is 5.99. The van der Waals surface area contributed by atoms with Crippen LogP contribution in [0, 0.1) is 0 Å². The maximum absolute atomic E-state index is 9.35. The number of amidine groups is 1. The van der Waals surface area contributed by atoms with Crippen molar-refractivity contribution < 1.29 is 5.21 Å². The Hall–Kier alpha value is -2.91. The lowest BCUT2D eigenvalue weighted by molar-refractivity contribution is 0.235. The molecule has 3 heteroatoms. The van der Waals surface area contributed by atoms with E-state index in [1.54, 1.807) is 0 Å². The van der Waals surface area contributed by atoms with Crippen LogP contribution in [0.2, 0.25) is 0 Å². The summed E-state index contributed by atoms with van der Waals surface area (Å²) in [6, 6.07) is 27.6. The average molecular weight is 288 g/mol. The molecular weight excluding hydrogens is 272 g/mol. The standard InChI is InChI=1S/C19H16N2O/c22-21-19(20-18-9-5-2-6-10-18)17-13-11-16(12-14-17)15-7-3-1-4-8-15/h1-14,22H,(H,20,21). The van der Waals surface area contributed by atoms with Gasteiger partial charge in [-0.15, -0.1) is 0 Å². The minimum Gasteiger partial charge on any atom is -0.290 e. The second kappa shape index (κ2) is 6.70. The van der Waals surface area contributed by atoms with Gasteiger partial charge in [0, 0.05) is 5.56 Å². The van der Waals surface area contributed by atoms with E-state index in [9.17, 15) is 5.21 Å². The van der Waals surface area contributed by atoms with Crippen molar-refractivity contribution in [2.75, 3.05) is 0 Å². The minimum atomic E-state index is 0.422. The van der Waals surface area contributed by atoms with Crippen molar-refractivity contribution in [2.45, 2.75) is 0 Å². The zero-order valence-corrected chi connectivity index (χ0v) is 12.0. The highest BCUT2D eigenvalue weighted by Gasteiger charge is 2.04. The Balaban J connectivity index is 1.90. The molecule has 0 aliphatic heterocycles. The zero-order chi connectivity index (χ0) is 15.2. The number of rotatable bonds is 3. The number of hydrogen-bond donors (Lipinski definition) is 2. The Morgan fingerprint density at radius 2 is 1.23 bits per heavy atom. The molecule has 0 radical (unpaired) electrons. The molecule has 2 N–H and O–H groups in total. The predicted octanol–water partition coefficient (Wildman–Crippen LogP) is 4.41. The molecule has 0 aliphatic carbocycles. The zero-order valence-electron chi connectivity index (χ0n) is 12.0. The first-order valence-corrected chi connectivity index (χ1v) is 7.06. The lowest BCUT2D eigenvalue weighted by atomic mass is 10.0. The van der Waals surface area contributed by atoms with Gasteiger partial charge in [0.15, 0.2) is 5.84 Å². The highest BCUT2D eigenvalue weighted by atomic mass is 16.5. The summed E-state index contributed by atoms with van der Waals surface area (Å²) in [6.45, 7) is 0. The summed E-state index contributed by atoms with van der Waals surface area (Å²) in [7, 11) is 0. The van der Waals surface area contributed by atoms with Crippen molar-refractivity contribution in [3.63, 3.8) is 0 Å². The lowest BCUT2D eigenvalue weighted by Gasteiger charge is -2.07. The smallest absolute Gasteiger partial charge is 0.157 e. The largest absolute Gasteiger partial charge is 0.290 e. The van der Waals surface area contributed by atoms with Crippen LogP contribution in [0.5, 0.6) is 0 Å². The molecule has 0 fully saturated rings. The molecular formula is C19H16N2O. The van der Waals surface area contributed by atoms with E-state index >= 15 is 0 Å². The van der Waals surface area contributed by atoms with Crippen molar-refractivity contribution in [2.24, 2.45) is 4.99 Å². The second-order valence-electron chi connectivity index (χ2n) is 4.85. The van der Waals surface area contributed by atoms with E-state index in [2.05, 4.69) is 22.6 Å². The van der Waals surface area contributed by atoms with Crippen molar-refractivity contribution in [3.8, 4) is 11.1 Å². The Morgan fingerprint density at radius 1 is 0.682 bits per heavy atom. The Kier molecular flexibility index (Phi) is 4.27. The van der Waals surface area contributed by atoms with Crippen LogP contribution >= 0.6 is 0 Å². The van der Waals surface area contributed by atoms with Crippen molar-refractivity contribution in [1.82, 2.24) is 5.48 Å². The van der Waals surface area contributed by atoms with E-state index in [-0.39, 0.29) is 0 Å². The summed E-state index contributed by atoms with van der Waals surface area (Å²) in [4.78, 5) is 4.41. The van der Waals surface area contributed by atoms with Gasteiger partial charge in [0.25, 0.3) is 0 Å². The van der Waals surface area contributed by atoms with Gasteiger partial charge in [0.05, 0.1) is 5.69 Å². The maximum Gasteiger partial charge on any atom is 0.157 e. The number of hydroxylamine groups is 1. The van der Waals surface area contributed by atoms with Crippen molar-refractivity contribution in [1.29, 1.82) is 0 Å². The topological polar surface area (TPSA) is 44.6 Å². The minimum absolute atomic E-state index is 0.422. The molecule has 108 valence electrons. The van der Waals surface area contributed by atoms with Crippen LogP contribution < -0.4 is 5.48 Å². The maximum atomic E-state index is 9.35. The molecule has 0 amide bonds. The number of para-hydroxylation sites is 1. The van der Waals surface area contributed by atoms with Gasteiger partial charge in [-0.1, -0.05) is 72.8 Å². The molecule has 0 aromatic heterocycles. The molecule has 0 atom stereocenters. The molecule has 0 unspecified atom stereocenters. The second-order valence-corrected chi connectivity index (χ2v) is 4.85. The number of aliphatic imine (C=N–C) groups is 1. The Morgan fingerprint density at radius 3 is 1.82 bits per heavy atom. The van der Waals surface area contributed by atoms with Crippen LogP contribution in [0.15, 0.2) is 89.9 Å². The summed E-state index contributed by atoms with van der Waals surface area (Å²) in [5, 5.41) is 9.35. The Labute approximate surface area is 129 Å². The third-order valence-electron chi connectivity index (χ3n) is 3.37. The molecule has 3 rings (SSSR count). The molecule has 3 aromatic rings. The van der Waals surface area contributed by atoms with Gasteiger partial charge in [-0.3, -0.25) is 10.7 Å². The van der Waals surface area contributed by atoms with Crippen LogP contribution in [0.1, 0.15) is 5.56 Å². The highest BCUT2D eigenvalue weighted by Crippen LogP contribution is 2.20. The number of hydrogen-bond acceptors (Lipinski definition) is 2. The van der Waals surface area contributed by atoms with E-state index in [0.717, 1.165) is 22.4 Å². The van der Waals surface area contributed by atoms with E-state index in [0.29, 0.717) is 5.84 Å². The lowest BCUT2D eigenvalue weighted by Crippen LogP contribution is -2.19. The van der Waals surface area contributed by atoms with Gasteiger partial charge in [0.1, 0.15) is 0 Å². The number of nitrogens with one attached hydrogen (secondary N) is 1. The van der Waals surface area contributed by atoms with Gasteiger partial charge in [-0.05, 0) is 23.3 Å². The van der Waals surface area contributed by atoms with Crippen LogP contribution in [0.4, 0.5) is 5.69 Å². The molecule has 3 aromatic carbocycles. The Bertz CT molecular complexity index is 750. The molecule has 0 aliphatic rings. The SMILES string of the molecule is ONC(=Nc1ccccc1)c1ccc(-c2ccccc2)cc1. The molecule has 3 nitrogen and oxygen atoms in total. The summed E-state index contributed by atoms with van der Waals surface area (Å²) < 4.78 is 0. The van der Waals surface area contributed by atoms with Gasteiger partial charge < -0.3 is 0 Å². The molecule has 0 saturated heterocycles. The number of nitrogens with zero attached hydrogens (tertiary/aromatic N) is 1. The molecule has 0 spiro atoms. The third-order valence-corrected chi connectivity index (χ3v) is 3.37. The van der Waals surface area contributed by atoms with E-state index < -0.39 is 0 Å². The molecule has 22 heavy (non-hydrogen) atoms. The first-order chi connectivity index (χ1) is 10.9. The fraction of sp³-hybridized carbons (Fsp3) is 0. The van der Waals surface area contributed by atoms with Crippen LogP contribution in [-0.4, -0.2) is 11.0 Å². The fourth-order valence-electron chi connectivity index (χ4n) is 2.24. The third kappa shape index (κ3) is 3.22. The monoisotopic (exact) mass is 288 g/mol. The van der Waals surface area contributed by atoms with E-state index in [4.69, 9.17) is 0 Å². The first-order valence-electron chi connectivity index (χ1n) is 7.06. The molecule has 0 heterocycles. The van der Waals surface area contributed by atoms with Crippen LogP contribution in [-0.2, 0) is 0 Å². The van der Waals surface area contributed by atoms with E-state index in [1.807, 2.05) is 72.8 Å². The van der Waals surface area contributed by atoms with Crippen LogP contribution in [0.3, 0.4) is 0 Å². The fourth-order valence-corrected chi connectivity index (χ4v) is 2.24. The van der Waals surface area contributed by atoms with Crippen LogP contribution in [0.25, 0.3) is 11.1 Å². The van der Waals surface area contributed by atoms with Crippen molar-refractivity contribution >= 4 is 11.5 Å². The first kappa shape index (κ1) is 14.0. The summed E-state index contributed by atoms with van der Waals surface area (Å²) in [6.07, 6.45) is 0. The molecule has 0 bridgehead atoms. The molecule has 0 saturated carbocycles.